The number of para-hydroxylation sites is 1. The minimum Gasteiger partial charge on any atom is -0.346 e. The van der Waals surface area contributed by atoms with E-state index in [-0.39, 0.29) is 11.5 Å². The van der Waals surface area contributed by atoms with E-state index in [4.69, 9.17) is 4.98 Å². The molecule has 0 radical (unpaired) electrons. The van der Waals surface area contributed by atoms with Gasteiger partial charge in [-0.05, 0) is 31.0 Å². The summed E-state index contributed by atoms with van der Waals surface area (Å²) >= 11 is 2.70. The van der Waals surface area contributed by atoms with Gasteiger partial charge in [-0.1, -0.05) is 78.4 Å². The molecule has 0 aliphatic carbocycles. The lowest BCUT2D eigenvalue weighted by molar-refractivity contribution is 0.0950. The topological polar surface area (TPSA) is 89.8 Å². The SMILES string of the molecule is CCCCn1c(SCc2nnc(C(=O)NCc3ccc(C)cc3)s2)nc2ccccc2c1=O. The third-order valence-corrected chi connectivity index (χ3v) is 7.21. The molecule has 0 saturated heterocycles. The number of carbonyl (C=O) groups is 1. The van der Waals surface area contributed by atoms with E-state index in [9.17, 15) is 9.59 Å². The van der Waals surface area contributed by atoms with Crippen molar-refractivity contribution in [3.8, 4) is 0 Å². The molecule has 0 aliphatic heterocycles. The van der Waals surface area contributed by atoms with Crippen molar-refractivity contribution < 1.29 is 4.79 Å². The first-order chi connectivity index (χ1) is 16.0. The van der Waals surface area contributed by atoms with Crippen molar-refractivity contribution in [1.29, 1.82) is 0 Å². The Labute approximate surface area is 200 Å². The van der Waals surface area contributed by atoms with Crippen LogP contribution in [0.4, 0.5) is 0 Å². The number of carbonyl (C=O) groups excluding carboxylic acids is 1. The van der Waals surface area contributed by atoms with E-state index in [1.54, 1.807) is 4.57 Å². The molecule has 1 amide bonds. The van der Waals surface area contributed by atoms with Gasteiger partial charge >= 0.3 is 0 Å². The monoisotopic (exact) mass is 479 g/mol. The highest BCUT2D eigenvalue weighted by atomic mass is 32.2. The second-order valence-corrected chi connectivity index (χ2v) is 9.68. The lowest BCUT2D eigenvalue weighted by Crippen LogP contribution is -2.23. The predicted octanol–water partition coefficient (Wildman–Crippen LogP) is 4.58. The summed E-state index contributed by atoms with van der Waals surface area (Å²) in [5.74, 6) is 0.243. The van der Waals surface area contributed by atoms with E-state index < -0.39 is 0 Å². The summed E-state index contributed by atoms with van der Waals surface area (Å²) in [6, 6.07) is 15.4. The molecule has 4 rings (SSSR count). The van der Waals surface area contributed by atoms with Gasteiger partial charge in [0.2, 0.25) is 5.01 Å². The molecular formula is C24H25N5O2S2. The second-order valence-electron chi connectivity index (χ2n) is 7.68. The molecule has 33 heavy (non-hydrogen) atoms. The number of thioether (sulfide) groups is 1. The summed E-state index contributed by atoms with van der Waals surface area (Å²) in [6.45, 7) is 5.18. The average Bonchev–Trinajstić information content (AvgIpc) is 3.31. The van der Waals surface area contributed by atoms with E-state index in [0.29, 0.717) is 44.9 Å². The number of unbranched alkanes of at least 4 members (excludes halogenated alkanes) is 1. The molecule has 4 aromatic rings. The normalized spacial score (nSPS) is 11.1. The van der Waals surface area contributed by atoms with Gasteiger partial charge in [-0.3, -0.25) is 14.2 Å². The molecule has 0 saturated carbocycles. The highest BCUT2D eigenvalue weighted by Crippen LogP contribution is 2.24. The highest BCUT2D eigenvalue weighted by molar-refractivity contribution is 7.98. The van der Waals surface area contributed by atoms with Crippen LogP contribution in [0.3, 0.4) is 0 Å². The van der Waals surface area contributed by atoms with Gasteiger partial charge in [0.25, 0.3) is 11.5 Å². The number of fused-ring (bicyclic) bond motifs is 1. The number of hydrogen-bond donors (Lipinski definition) is 1. The quantitative estimate of drug-likeness (QED) is 0.279. The summed E-state index contributed by atoms with van der Waals surface area (Å²) in [5.41, 5.74) is 2.87. The summed E-state index contributed by atoms with van der Waals surface area (Å²) in [4.78, 5) is 30.2. The van der Waals surface area contributed by atoms with Crippen molar-refractivity contribution in [1.82, 2.24) is 25.1 Å². The molecule has 170 valence electrons. The number of hydrogen-bond acceptors (Lipinski definition) is 7. The van der Waals surface area contributed by atoms with E-state index in [1.807, 2.05) is 55.5 Å². The third kappa shape index (κ3) is 5.66. The highest BCUT2D eigenvalue weighted by Gasteiger charge is 2.15. The molecule has 2 aromatic heterocycles. The number of aromatic nitrogens is 4. The Kier molecular flexibility index (Phi) is 7.51. The van der Waals surface area contributed by atoms with E-state index in [2.05, 4.69) is 22.4 Å². The van der Waals surface area contributed by atoms with Crippen LogP contribution in [0.15, 0.2) is 58.5 Å². The first kappa shape index (κ1) is 23.1. The van der Waals surface area contributed by atoms with Crippen LogP contribution in [0.2, 0.25) is 0 Å². The molecule has 0 aliphatic rings. The van der Waals surface area contributed by atoms with Gasteiger partial charge in [0, 0.05) is 13.1 Å². The van der Waals surface area contributed by atoms with Gasteiger partial charge < -0.3 is 5.32 Å². The maximum absolute atomic E-state index is 13.0. The Morgan fingerprint density at radius 1 is 1.12 bits per heavy atom. The van der Waals surface area contributed by atoms with Crippen LogP contribution in [-0.2, 0) is 18.8 Å². The number of nitrogens with zero attached hydrogens (tertiary/aromatic N) is 4. The van der Waals surface area contributed by atoms with E-state index in [0.717, 1.165) is 18.4 Å². The molecule has 2 heterocycles. The Balaban J connectivity index is 1.44. The van der Waals surface area contributed by atoms with Crippen LogP contribution in [0.25, 0.3) is 10.9 Å². The third-order valence-electron chi connectivity index (χ3n) is 5.12. The number of benzene rings is 2. The van der Waals surface area contributed by atoms with E-state index >= 15 is 0 Å². The number of amides is 1. The smallest absolute Gasteiger partial charge is 0.282 e. The molecule has 0 unspecified atom stereocenters. The fraction of sp³-hybridized carbons (Fsp3) is 0.292. The van der Waals surface area contributed by atoms with Crippen LogP contribution >= 0.6 is 23.1 Å². The van der Waals surface area contributed by atoms with Gasteiger partial charge in [0.05, 0.1) is 16.7 Å². The summed E-state index contributed by atoms with van der Waals surface area (Å²) in [7, 11) is 0. The lowest BCUT2D eigenvalue weighted by Gasteiger charge is -2.12. The number of aryl methyl sites for hydroxylation is 1. The summed E-state index contributed by atoms with van der Waals surface area (Å²) in [5, 5.41) is 13.4. The van der Waals surface area contributed by atoms with Gasteiger partial charge in [-0.2, -0.15) is 0 Å². The molecule has 0 bridgehead atoms. The molecule has 0 atom stereocenters. The molecule has 2 aromatic carbocycles. The molecule has 1 N–H and O–H groups in total. The van der Waals surface area contributed by atoms with Gasteiger partial charge in [-0.15, -0.1) is 10.2 Å². The number of nitrogens with one attached hydrogen (secondary N) is 1. The van der Waals surface area contributed by atoms with Crippen molar-refractivity contribution in [2.24, 2.45) is 0 Å². The maximum Gasteiger partial charge on any atom is 0.282 e. The van der Waals surface area contributed by atoms with Crippen LogP contribution in [-0.4, -0.2) is 25.7 Å². The number of rotatable bonds is 9. The van der Waals surface area contributed by atoms with Crippen molar-refractivity contribution in [2.45, 2.75) is 50.7 Å². The van der Waals surface area contributed by atoms with Crippen molar-refractivity contribution in [2.75, 3.05) is 0 Å². The Bertz CT molecular complexity index is 1310. The van der Waals surface area contributed by atoms with E-state index in [1.165, 1.54) is 28.7 Å². The molecular weight excluding hydrogens is 454 g/mol. The summed E-state index contributed by atoms with van der Waals surface area (Å²) in [6.07, 6.45) is 1.89. The molecule has 7 nitrogen and oxygen atoms in total. The fourth-order valence-electron chi connectivity index (χ4n) is 3.27. The molecule has 0 fully saturated rings. The lowest BCUT2D eigenvalue weighted by atomic mass is 10.1. The van der Waals surface area contributed by atoms with Crippen LogP contribution in [0.5, 0.6) is 0 Å². The Morgan fingerprint density at radius 2 is 1.91 bits per heavy atom. The molecule has 9 heteroatoms. The minimum atomic E-state index is -0.243. The van der Waals surface area contributed by atoms with Crippen LogP contribution < -0.4 is 10.9 Å². The van der Waals surface area contributed by atoms with Gasteiger partial charge in [0.1, 0.15) is 5.01 Å². The fourth-order valence-corrected chi connectivity index (χ4v) is 5.03. The maximum atomic E-state index is 13.0. The first-order valence-electron chi connectivity index (χ1n) is 10.8. The first-order valence-corrected chi connectivity index (χ1v) is 12.6. The minimum absolute atomic E-state index is 0.0232. The standard InChI is InChI=1S/C24H25N5O2S2/c1-3-4-13-29-23(31)18-7-5-6-8-19(18)26-24(29)32-15-20-27-28-22(33-20)21(30)25-14-17-11-9-16(2)10-12-17/h5-12H,3-4,13-15H2,1-2H3,(H,25,30). The van der Waals surface area contributed by atoms with Crippen molar-refractivity contribution in [3.05, 3.63) is 80.0 Å². The van der Waals surface area contributed by atoms with Crippen LogP contribution in [0.1, 0.15) is 45.7 Å². The van der Waals surface area contributed by atoms with Crippen molar-refractivity contribution >= 4 is 39.9 Å². The summed E-state index contributed by atoms with van der Waals surface area (Å²) < 4.78 is 1.74. The zero-order chi connectivity index (χ0) is 23.2. The van der Waals surface area contributed by atoms with Gasteiger partial charge in [-0.25, -0.2) is 4.98 Å². The van der Waals surface area contributed by atoms with Gasteiger partial charge in [0.15, 0.2) is 5.16 Å². The van der Waals surface area contributed by atoms with Crippen LogP contribution in [0, 0.1) is 6.92 Å². The largest absolute Gasteiger partial charge is 0.346 e. The molecule has 0 spiro atoms. The zero-order valence-electron chi connectivity index (χ0n) is 18.6. The zero-order valence-corrected chi connectivity index (χ0v) is 20.2. The Hall–Kier alpha value is -3.04. The Morgan fingerprint density at radius 3 is 2.70 bits per heavy atom. The predicted molar refractivity (Wildman–Crippen MR) is 133 cm³/mol. The average molecular weight is 480 g/mol. The van der Waals surface area contributed by atoms with Crippen molar-refractivity contribution in [3.63, 3.8) is 0 Å². The second kappa shape index (κ2) is 10.7.